The second-order valence-corrected chi connectivity index (χ2v) is 7.94. The van der Waals surface area contributed by atoms with Gasteiger partial charge in [0.25, 0.3) is 11.8 Å². The fraction of sp³-hybridized carbons (Fsp3) is 0.476. The van der Waals surface area contributed by atoms with Gasteiger partial charge in [-0.15, -0.1) is 0 Å². The van der Waals surface area contributed by atoms with Gasteiger partial charge >= 0.3 is 0 Å². The molecule has 1 saturated carbocycles. The van der Waals surface area contributed by atoms with Crippen LogP contribution in [0.15, 0.2) is 24.3 Å². The van der Waals surface area contributed by atoms with Gasteiger partial charge < -0.3 is 14.8 Å². The Morgan fingerprint density at radius 3 is 2.81 bits per heavy atom. The third kappa shape index (κ3) is 2.74. The molecule has 1 aromatic heterocycles. The van der Waals surface area contributed by atoms with E-state index in [-0.39, 0.29) is 23.9 Å². The number of fused-ring (bicyclic) bond motifs is 2. The van der Waals surface area contributed by atoms with Gasteiger partial charge in [-0.2, -0.15) is 0 Å². The summed E-state index contributed by atoms with van der Waals surface area (Å²) < 4.78 is 1.97. The monoisotopic (exact) mass is 364 g/mol. The minimum absolute atomic E-state index is 0.0800. The van der Waals surface area contributed by atoms with E-state index in [0.717, 1.165) is 56.5 Å². The highest BCUT2D eigenvalue weighted by molar-refractivity contribution is 6.08. The van der Waals surface area contributed by atoms with Crippen LogP contribution in [0.4, 0.5) is 5.69 Å². The lowest BCUT2D eigenvalue weighted by Gasteiger charge is -2.23. The molecule has 2 aromatic rings. The number of anilines is 1. The van der Waals surface area contributed by atoms with E-state index in [1.165, 1.54) is 5.56 Å². The van der Waals surface area contributed by atoms with Gasteiger partial charge in [-0.25, -0.2) is 4.98 Å². The Morgan fingerprint density at radius 2 is 2.00 bits per heavy atom. The predicted octanol–water partition coefficient (Wildman–Crippen LogP) is 2.70. The summed E-state index contributed by atoms with van der Waals surface area (Å²) in [4.78, 5) is 32.6. The molecule has 0 saturated heterocycles. The number of nitrogens with zero attached hydrogens (tertiary/aromatic N) is 3. The number of amides is 2. The molecule has 140 valence electrons. The summed E-state index contributed by atoms with van der Waals surface area (Å²) in [5, 5.41) is 3.02. The maximum Gasteiger partial charge on any atom is 0.287 e. The number of para-hydroxylation sites is 1. The average Bonchev–Trinajstić information content (AvgIpc) is 3.29. The number of hydrogen-bond donors (Lipinski definition) is 1. The highest BCUT2D eigenvalue weighted by atomic mass is 16.2. The van der Waals surface area contributed by atoms with Crippen molar-refractivity contribution in [3.05, 3.63) is 47.0 Å². The van der Waals surface area contributed by atoms with Crippen molar-refractivity contribution in [1.82, 2.24) is 14.9 Å². The Balaban J connectivity index is 1.54. The molecule has 27 heavy (non-hydrogen) atoms. The molecule has 6 heteroatoms. The average molecular weight is 364 g/mol. The minimum Gasteiger partial charge on any atom is -0.347 e. The summed E-state index contributed by atoms with van der Waals surface area (Å²) >= 11 is 0. The number of rotatable bonds is 3. The van der Waals surface area contributed by atoms with Crippen LogP contribution in [0.25, 0.3) is 0 Å². The van der Waals surface area contributed by atoms with Crippen molar-refractivity contribution in [2.24, 2.45) is 0 Å². The Hall–Kier alpha value is -2.63. The van der Waals surface area contributed by atoms with Crippen LogP contribution in [-0.4, -0.2) is 33.4 Å². The standard InChI is InChI=1S/C21H24N4O2/c1-13-12-14-6-2-3-7-16(14)25(13)21(27)18-17-8-4-5-11-24(17)19(23-18)20(26)22-15-9-10-15/h2-3,6-7,13,15H,4-5,8-12H2,1H3,(H,22,26). The Morgan fingerprint density at radius 1 is 1.19 bits per heavy atom. The number of aromatic nitrogens is 2. The number of nitrogens with one attached hydrogen (secondary N) is 1. The molecule has 1 unspecified atom stereocenters. The van der Waals surface area contributed by atoms with Gasteiger partial charge in [-0.3, -0.25) is 9.59 Å². The lowest BCUT2D eigenvalue weighted by atomic mass is 10.1. The Bertz CT molecular complexity index is 928. The Labute approximate surface area is 158 Å². The zero-order valence-corrected chi connectivity index (χ0v) is 15.6. The van der Waals surface area contributed by atoms with Crippen LogP contribution in [0.2, 0.25) is 0 Å². The molecular formula is C21H24N4O2. The molecule has 1 aromatic carbocycles. The maximum atomic E-state index is 13.5. The van der Waals surface area contributed by atoms with Crippen LogP contribution in [-0.2, 0) is 19.4 Å². The number of benzene rings is 1. The first-order valence-electron chi connectivity index (χ1n) is 9.95. The molecule has 1 atom stereocenters. The highest BCUT2D eigenvalue weighted by Gasteiger charge is 2.36. The molecule has 1 fully saturated rings. The van der Waals surface area contributed by atoms with Crippen LogP contribution in [0.1, 0.15) is 65.0 Å². The Kier molecular flexibility index (Phi) is 3.81. The van der Waals surface area contributed by atoms with E-state index in [9.17, 15) is 9.59 Å². The van der Waals surface area contributed by atoms with Gasteiger partial charge in [0.15, 0.2) is 11.5 Å². The SMILES string of the molecule is CC1Cc2ccccc2N1C(=O)c1nc(C(=O)NC2CC2)n2c1CCCC2. The smallest absolute Gasteiger partial charge is 0.287 e. The largest absolute Gasteiger partial charge is 0.347 e. The lowest BCUT2D eigenvalue weighted by Crippen LogP contribution is -2.36. The van der Waals surface area contributed by atoms with Crippen LogP contribution in [0.3, 0.4) is 0 Å². The van der Waals surface area contributed by atoms with Crippen molar-refractivity contribution in [1.29, 1.82) is 0 Å². The van der Waals surface area contributed by atoms with E-state index >= 15 is 0 Å². The molecule has 3 heterocycles. The molecule has 3 aliphatic rings. The number of hydrogen-bond acceptors (Lipinski definition) is 3. The van der Waals surface area contributed by atoms with E-state index in [1.54, 1.807) is 0 Å². The summed E-state index contributed by atoms with van der Waals surface area (Å²) in [6.07, 6.45) is 5.77. The normalized spacial score (nSPS) is 20.9. The minimum atomic E-state index is -0.144. The molecule has 1 aliphatic carbocycles. The summed E-state index contributed by atoms with van der Waals surface area (Å²) in [7, 11) is 0. The molecule has 0 spiro atoms. The van der Waals surface area contributed by atoms with Crippen molar-refractivity contribution in [2.45, 2.75) is 64.1 Å². The zero-order chi connectivity index (χ0) is 18.5. The molecule has 2 amide bonds. The van der Waals surface area contributed by atoms with Gasteiger partial charge in [0, 0.05) is 24.3 Å². The van der Waals surface area contributed by atoms with Crippen LogP contribution < -0.4 is 10.2 Å². The molecule has 2 aliphatic heterocycles. The summed E-state index contributed by atoms with van der Waals surface area (Å²) in [5.41, 5.74) is 3.54. The van der Waals surface area contributed by atoms with Crippen molar-refractivity contribution < 1.29 is 9.59 Å². The quantitative estimate of drug-likeness (QED) is 0.911. The van der Waals surface area contributed by atoms with Gasteiger partial charge in [0.1, 0.15) is 0 Å². The van der Waals surface area contributed by atoms with E-state index in [2.05, 4.69) is 23.3 Å². The van der Waals surface area contributed by atoms with Crippen LogP contribution in [0, 0.1) is 0 Å². The summed E-state index contributed by atoms with van der Waals surface area (Å²) in [6.45, 7) is 2.83. The first kappa shape index (κ1) is 16.5. The third-order valence-corrected chi connectivity index (χ3v) is 5.86. The lowest BCUT2D eigenvalue weighted by molar-refractivity contribution is 0.0935. The van der Waals surface area contributed by atoms with Gasteiger partial charge in [0.2, 0.25) is 0 Å². The molecule has 6 nitrogen and oxygen atoms in total. The molecule has 0 radical (unpaired) electrons. The molecule has 1 N–H and O–H groups in total. The molecule has 5 rings (SSSR count). The fourth-order valence-corrected chi connectivity index (χ4v) is 4.35. The topological polar surface area (TPSA) is 67.2 Å². The number of carbonyl (C=O) groups is 2. The second-order valence-electron chi connectivity index (χ2n) is 7.94. The number of carbonyl (C=O) groups excluding carboxylic acids is 2. The predicted molar refractivity (Wildman–Crippen MR) is 102 cm³/mol. The summed E-state index contributed by atoms with van der Waals surface area (Å²) in [5.74, 6) is 0.179. The van der Waals surface area contributed by atoms with Gasteiger partial charge in [0.05, 0.1) is 5.69 Å². The van der Waals surface area contributed by atoms with Crippen molar-refractivity contribution in [3.8, 4) is 0 Å². The van der Waals surface area contributed by atoms with E-state index < -0.39 is 0 Å². The van der Waals surface area contributed by atoms with Crippen molar-refractivity contribution in [2.75, 3.05) is 4.90 Å². The highest BCUT2D eigenvalue weighted by Crippen LogP contribution is 2.34. The van der Waals surface area contributed by atoms with Gasteiger partial charge in [-0.1, -0.05) is 18.2 Å². The fourth-order valence-electron chi connectivity index (χ4n) is 4.35. The zero-order valence-electron chi connectivity index (χ0n) is 15.6. The van der Waals surface area contributed by atoms with Crippen LogP contribution >= 0.6 is 0 Å². The third-order valence-electron chi connectivity index (χ3n) is 5.86. The van der Waals surface area contributed by atoms with E-state index in [1.807, 2.05) is 27.7 Å². The first-order valence-corrected chi connectivity index (χ1v) is 9.95. The second kappa shape index (κ2) is 6.22. The van der Waals surface area contributed by atoms with Crippen LogP contribution in [0.5, 0.6) is 0 Å². The number of imidazole rings is 1. The molecule has 0 bridgehead atoms. The van der Waals surface area contributed by atoms with Gasteiger partial charge in [-0.05, 0) is 57.1 Å². The summed E-state index contributed by atoms with van der Waals surface area (Å²) in [6, 6.07) is 8.43. The maximum absolute atomic E-state index is 13.5. The van der Waals surface area contributed by atoms with E-state index in [4.69, 9.17) is 0 Å². The van der Waals surface area contributed by atoms with Crippen molar-refractivity contribution >= 4 is 17.5 Å². The molecular weight excluding hydrogens is 340 g/mol. The van der Waals surface area contributed by atoms with Crippen molar-refractivity contribution in [3.63, 3.8) is 0 Å². The van der Waals surface area contributed by atoms with E-state index in [0.29, 0.717) is 11.5 Å². The first-order chi connectivity index (χ1) is 13.1.